The Morgan fingerprint density at radius 2 is 1.90 bits per heavy atom. The van der Waals surface area contributed by atoms with E-state index in [2.05, 4.69) is 10.3 Å². The summed E-state index contributed by atoms with van der Waals surface area (Å²) < 4.78 is 42.4. The number of carbonyl (C=O) groups excluding carboxylic acids is 1. The predicted octanol–water partition coefficient (Wildman–Crippen LogP) is 1.62. The molecule has 0 aromatic heterocycles. The Labute approximate surface area is 164 Å². The van der Waals surface area contributed by atoms with Crippen LogP contribution in [0.4, 0.5) is 24.5 Å². The van der Waals surface area contributed by atoms with Gasteiger partial charge in [-0.2, -0.15) is 0 Å². The number of β-amino-alcohol motifs (C(OH)–C–C–N with tert-alkyl or cyclic N) is 1. The van der Waals surface area contributed by atoms with Crippen molar-refractivity contribution in [3.63, 3.8) is 0 Å². The summed E-state index contributed by atoms with van der Waals surface area (Å²) in [4.78, 5) is 17.7. The first-order valence-corrected chi connectivity index (χ1v) is 8.68. The summed E-state index contributed by atoms with van der Waals surface area (Å²) in [5.41, 5.74) is 8.99. The van der Waals surface area contributed by atoms with E-state index in [-0.39, 0.29) is 36.8 Å². The van der Waals surface area contributed by atoms with E-state index in [0.29, 0.717) is 5.56 Å². The highest BCUT2D eigenvalue weighted by molar-refractivity contribution is 6.01. The Hall–Kier alpha value is -3.27. The van der Waals surface area contributed by atoms with Gasteiger partial charge < -0.3 is 26.8 Å². The fourth-order valence-corrected chi connectivity index (χ4v) is 3.02. The summed E-state index contributed by atoms with van der Waals surface area (Å²) in [6.45, 7) is 1.38. The predicted molar refractivity (Wildman–Crippen MR) is 102 cm³/mol. The molecule has 0 bridgehead atoms. The number of nitrogens with one attached hydrogen (secondary N) is 1. The van der Waals surface area contributed by atoms with Crippen LogP contribution in [0.2, 0.25) is 0 Å². The second-order valence-electron chi connectivity index (χ2n) is 7.02. The van der Waals surface area contributed by atoms with Crippen LogP contribution in [0.15, 0.2) is 35.3 Å². The number of rotatable bonds is 5. The Bertz CT molecular complexity index is 986. The molecule has 0 radical (unpaired) electrons. The number of carbonyl (C=O) groups is 1. The van der Waals surface area contributed by atoms with Gasteiger partial charge in [-0.3, -0.25) is 9.79 Å². The van der Waals surface area contributed by atoms with Gasteiger partial charge >= 0.3 is 0 Å². The van der Waals surface area contributed by atoms with E-state index >= 15 is 0 Å². The highest BCUT2D eigenvalue weighted by atomic mass is 19.2. The third-order valence-electron chi connectivity index (χ3n) is 4.52. The molecular formula is C19H20F3N5O2. The van der Waals surface area contributed by atoms with E-state index in [1.807, 2.05) is 0 Å². The molecule has 2 aromatic rings. The first-order valence-electron chi connectivity index (χ1n) is 8.68. The first kappa shape index (κ1) is 20.5. The molecule has 1 aliphatic heterocycles. The molecule has 29 heavy (non-hydrogen) atoms. The van der Waals surface area contributed by atoms with E-state index in [0.717, 1.165) is 12.1 Å². The van der Waals surface area contributed by atoms with Crippen molar-refractivity contribution in [3.05, 3.63) is 58.9 Å². The lowest BCUT2D eigenvalue weighted by molar-refractivity contribution is -0.0730. The van der Waals surface area contributed by atoms with Crippen molar-refractivity contribution >= 4 is 23.2 Å². The van der Waals surface area contributed by atoms with Crippen molar-refractivity contribution in [2.75, 3.05) is 25.0 Å². The summed E-state index contributed by atoms with van der Waals surface area (Å²) in [7, 11) is 0. The lowest BCUT2D eigenvalue weighted by Gasteiger charge is -2.45. The van der Waals surface area contributed by atoms with E-state index < -0.39 is 34.6 Å². The monoisotopic (exact) mass is 407 g/mol. The van der Waals surface area contributed by atoms with Crippen molar-refractivity contribution in [2.24, 2.45) is 16.5 Å². The van der Waals surface area contributed by atoms with Crippen LogP contribution < -0.4 is 16.8 Å². The molecule has 10 heteroatoms. The lowest BCUT2D eigenvalue weighted by atomic mass is 9.93. The number of guanidine groups is 1. The maximum atomic E-state index is 14.4. The van der Waals surface area contributed by atoms with Gasteiger partial charge in [-0.15, -0.1) is 0 Å². The Morgan fingerprint density at radius 1 is 1.21 bits per heavy atom. The number of hydrogen-bond donors (Lipinski definition) is 4. The van der Waals surface area contributed by atoms with Crippen molar-refractivity contribution < 1.29 is 23.1 Å². The smallest absolute Gasteiger partial charge is 0.256 e. The van der Waals surface area contributed by atoms with Crippen LogP contribution in [-0.4, -0.2) is 47.1 Å². The molecule has 0 atom stereocenters. The van der Waals surface area contributed by atoms with Crippen LogP contribution >= 0.6 is 0 Å². The fourth-order valence-electron chi connectivity index (χ4n) is 3.02. The number of benzene rings is 2. The SMILES string of the molecule is Cc1ccc(Nc2c(C(=O)N3CC(O)(CN=C(N)N)C3)ccc(F)c2F)c(F)c1. The van der Waals surface area contributed by atoms with Gasteiger partial charge in [0.05, 0.1) is 36.6 Å². The second kappa shape index (κ2) is 7.63. The van der Waals surface area contributed by atoms with Gasteiger partial charge in [0.15, 0.2) is 17.6 Å². The zero-order valence-electron chi connectivity index (χ0n) is 15.5. The average molecular weight is 407 g/mol. The molecule has 0 spiro atoms. The molecule has 0 saturated carbocycles. The van der Waals surface area contributed by atoms with Crippen LogP contribution in [0.3, 0.4) is 0 Å². The van der Waals surface area contributed by atoms with Gasteiger partial charge in [-0.25, -0.2) is 13.2 Å². The molecular weight excluding hydrogens is 387 g/mol. The largest absolute Gasteiger partial charge is 0.384 e. The number of aliphatic imine (C=N–C) groups is 1. The molecule has 7 nitrogen and oxygen atoms in total. The van der Waals surface area contributed by atoms with Crippen LogP contribution in [0.5, 0.6) is 0 Å². The molecule has 1 heterocycles. The van der Waals surface area contributed by atoms with Crippen molar-refractivity contribution in [2.45, 2.75) is 12.5 Å². The quantitative estimate of drug-likeness (QED) is 0.444. The summed E-state index contributed by atoms with van der Waals surface area (Å²) in [5, 5.41) is 12.7. The van der Waals surface area contributed by atoms with Crippen LogP contribution in [0.1, 0.15) is 15.9 Å². The fraction of sp³-hybridized carbons (Fsp3) is 0.263. The van der Waals surface area contributed by atoms with E-state index in [1.165, 1.54) is 17.0 Å². The van der Waals surface area contributed by atoms with Gasteiger partial charge in [0.1, 0.15) is 11.4 Å². The zero-order chi connectivity index (χ0) is 21.3. The molecule has 6 N–H and O–H groups in total. The molecule has 3 rings (SSSR count). The van der Waals surface area contributed by atoms with Crippen LogP contribution in [-0.2, 0) is 0 Å². The minimum absolute atomic E-state index is 0.0973. The van der Waals surface area contributed by atoms with Gasteiger partial charge in [0.2, 0.25) is 0 Å². The number of aryl methyl sites for hydroxylation is 1. The molecule has 1 saturated heterocycles. The van der Waals surface area contributed by atoms with E-state index in [4.69, 9.17) is 11.5 Å². The summed E-state index contributed by atoms with van der Waals surface area (Å²) in [5.74, 6) is -4.04. The number of halogens is 3. The molecule has 0 aliphatic carbocycles. The number of aliphatic hydroxyl groups is 1. The first-order chi connectivity index (χ1) is 13.6. The lowest BCUT2D eigenvalue weighted by Crippen LogP contribution is -2.65. The number of anilines is 2. The number of hydrogen-bond acceptors (Lipinski definition) is 4. The molecule has 1 aliphatic rings. The third-order valence-corrected chi connectivity index (χ3v) is 4.52. The van der Waals surface area contributed by atoms with Crippen LogP contribution in [0, 0.1) is 24.4 Å². The van der Waals surface area contributed by atoms with Gasteiger partial charge in [-0.05, 0) is 36.8 Å². The Kier molecular flexibility index (Phi) is 5.38. The summed E-state index contributed by atoms with van der Waals surface area (Å²) >= 11 is 0. The highest BCUT2D eigenvalue weighted by Crippen LogP contribution is 2.31. The highest BCUT2D eigenvalue weighted by Gasteiger charge is 2.44. The average Bonchev–Trinajstić information content (AvgIpc) is 2.63. The normalized spacial score (nSPS) is 14.9. The molecule has 1 amide bonds. The summed E-state index contributed by atoms with van der Waals surface area (Å²) in [6, 6.07) is 6.08. The van der Waals surface area contributed by atoms with Crippen LogP contribution in [0.25, 0.3) is 0 Å². The van der Waals surface area contributed by atoms with Crippen molar-refractivity contribution in [1.82, 2.24) is 4.90 Å². The van der Waals surface area contributed by atoms with Crippen molar-refractivity contribution in [3.8, 4) is 0 Å². The Morgan fingerprint density at radius 3 is 2.52 bits per heavy atom. The number of amides is 1. The topological polar surface area (TPSA) is 117 Å². The molecule has 0 unspecified atom stereocenters. The second-order valence-corrected chi connectivity index (χ2v) is 7.02. The number of nitrogens with two attached hydrogens (primary N) is 2. The third kappa shape index (κ3) is 4.27. The molecule has 2 aromatic carbocycles. The van der Waals surface area contributed by atoms with Gasteiger partial charge in [-0.1, -0.05) is 6.07 Å². The van der Waals surface area contributed by atoms with E-state index in [1.54, 1.807) is 13.0 Å². The minimum atomic E-state index is -1.31. The van der Waals surface area contributed by atoms with Gasteiger partial charge in [0.25, 0.3) is 5.91 Å². The van der Waals surface area contributed by atoms with E-state index in [9.17, 15) is 23.1 Å². The number of nitrogens with zero attached hydrogens (tertiary/aromatic N) is 2. The standard InChI is InChI=1S/C19H20F3N5O2/c1-10-2-5-14(13(21)6-10)26-16-11(3-4-12(20)15(16)22)17(28)27-8-19(29,9-27)7-25-18(23)24/h2-6,26,29H,7-9H2,1H3,(H4,23,24,25). The zero-order valence-corrected chi connectivity index (χ0v) is 15.5. The molecule has 154 valence electrons. The Balaban J connectivity index is 1.86. The maximum Gasteiger partial charge on any atom is 0.256 e. The molecule has 1 fully saturated rings. The maximum absolute atomic E-state index is 14.4. The minimum Gasteiger partial charge on any atom is -0.384 e. The summed E-state index contributed by atoms with van der Waals surface area (Å²) in [6.07, 6.45) is 0. The van der Waals surface area contributed by atoms with Crippen molar-refractivity contribution in [1.29, 1.82) is 0 Å². The van der Waals surface area contributed by atoms with Gasteiger partial charge in [0, 0.05) is 0 Å². The number of likely N-dealkylation sites (tertiary alicyclic amines) is 1.